The molecule has 0 aliphatic rings. The summed E-state index contributed by atoms with van der Waals surface area (Å²) in [6.45, 7) is 5.52. The minimum atomic E-state index is -0.428. The number of nitrogens with zero attached hydrogens (tertiary/aromatic N) is 1. The molecule has 0 unspecified atom stereocenters. The fourth-order valence-electron chi connectivity index (χ4n) is 1.70. The molecule has 0 bridgehead atoms. The second-order valence-electron chi connectivity index (χ2n) is 3.77. The summed E-state index contributed by atoms with van der Waals surface area (Å²) in [5, 5.41) is 8.95. The molecule has 0 aromatic heterocycles. The van der Waals surface area contributed by atoms with E-state index in [1.54, 1.807) is 18.2 Å². The lowest BCUT2D eigenvalue weighted by atomic mass is 10.1. The molecule has 1 aromatic carbocycles. The monoisotopic (exact) mass is 234 g/mol. The molecule has 4 heteroatoms. The van der Waals surface area contributed by atoms with Crippen molar-refractivity contribution in [2.75, 3.05) is 19.7 Å². The molecule has 0 aliphatic carbocycles. The zero-order valence-electron chi connectivity index (χ0n) is 9.80. The van der Waals surface area contributed by atoms with Gasteiger partial charge in [-0.1, -0.05) is 24.3 Å². The van der Waals surface area contributed by atoms with Gasteiger partial charge in [0.25, 0.3) is 0 Å². The first-order valence-electron chi connectivity index (χ1n) is 5.51. The number of primary amides is 1. The predicted molar refractivity (Wildman–Crippen MR) is 67.5 cm³/mol. The maximum absolute atomic E-state index is 11.3. The van der Waals surface area contributed by atoms with Crippen LogP contribution in [0.25, 0.3) is 0 Å². The first-order chi connectivity index (χ1) is 8.19. The molecule has 0 atom stereocenters. The highest BCUT2D eigenvalue weighted by Gasteiger charge is 2.10. The fourth-order valence-corrected chi connectivity index (χ4v) is 1.70. The van der Waals surface area contributed by atoms with Gasteiger partial charge < -0.3 is 10.8 Å². The normalized spacial score (nSPS) is 10.5. The van der Waals surface area contributed by atoms with Crippen molar-refractivity contribution in [1.82, 2.24) is 4.90 Å². The average molecular weight is 234 g/mol. The molecule has 0 saturated carbocycles. The molecule has 92 valence electrons. The van der Waals surface area contributed by atoms with Gasteiger partial charge in [-0.2, -0.15) is 0 Å². The number of carbonyl (C=O) groups is 1. The average Bonchev–Trinajstić information content (AvgIpc) is 2.30. The van der Waals surface area contributed by atoms with Gasteiger partial charge >= 0.3 is 0 Å². The van der Waals surface area contributed by atoms with Crippen LogP contribution >= 0.6 is 0 Å². The zero-order chi connectivity index (χ0) is 12.7. The Morgan fingerprint density at radius 2 is 2.18 bits per heavy atom. The van der Waals surface area contributed by atoms with Gasteiger partial charge in [-0.3, -0.25) is 9.69 Å². The van der Waals surface area contributed by atoms with E-state index in [9.17, 15) is 4.79 Å². The van der Waals surface area contributed by atoms with Crippen molar-refractivity contribution < 1.29 is 9.90 Å². The predicted octanol–water partition coefficient (Wildman–Crippen LogP) is 0.766. The number of hydrogen-bond donors (Lipinski definition) is 2. The highest BCUT2D eigenvalue weighted by atomic mass is 16.3. The fraction of sp³-hybridized carbons (Fsp3) is 0.308. The molecule has 0 heterocycles. The van der Waals surface area contributed by atoms with Crippen LogP contribution in [0.1, 0.15) is 15.9 Å². The van der Waals surface area contributed by atoms with E-state index >= 15 is 0 Å². The van der Waals surface area contributed by atoms with Gasteiger partial charge in [-0.15, -0.1) is 6.58 Å². The lowest BCUT2D eigenvalue weighted by Crippen LogP contribution is -2.28. The van der Waals surface area contributed by atoms with Crippen LogP contribution in [0.5, 0.6) is 0 Å². The molecule has 1 amide bonds. The van der Waals surface area contributed by atoms with Gasteiger partial charge in [0, 0.05) is 25.2 Å². The molecule has 1 aromatic rings. The molecular formula is C13H18N2O2. The molecule has 3 N–H and O–H groups in total. The van der Waals surface area contributed by atoms with Crippen LogP contribution in [0.3, 0.4) is 0 Å². The van der Waals surface area contributed by atoms with E-state index in [1.165, 1.54) is 0 Å². The first-order valence-corrected chi connectivity index (χ1v) is 5.51. The van der Waals surface area contributed by atoms with Gasteiger partial charge in [0.15, 0.2) is 0 Å². The molecule has 0 radical (unpaired) electrons. The van der Waals surface area contributed by atoms with E-state index in [4.69, 9.17) is 10.8 Å². The van der Waals surface area contributed by atoms with Crippen molar-refractivity contribution >= 4 is 5.91 Å². The molecule has 17 heavy (non-hydrogen) atoms. The maximum Gasteiger partial charge on any atom is 0.249 e. The lowest BCUT2D eigenvalue weighted by molar-refractivity contribution is 0.0998. The summed E-state index contributed by atoms with van der Waals surface area (Å²) in [5.41, 5.74) is 6.71. The van der Waals surface area contributed by atoms with E-state index in [0.717, 1.165) is 5.56 Å². The Morgan fingerprint density at radius 1 is 1.47 bits per heavy atom. The summed E-state index contributed by atoms with van der Waals surface area (Å²) in [7, 11) is 0. The van der Waals surface area contributed by atoms with E-state index in [-0.39, 0.29) is 6.61 Å². The van der Waals surface area contributed by atoms with Crippen LogP contribution in [0.15, 0.2) is 36.9 Å². The van der Waals surface area contributed by atoms with Gasteiger partial charge in [0.1, 0.15) is 0 Å². The lowest BCUT2D eigenvalue weighted by Gasteiger charge is -2.20. The highest BCUT2D eigenvalue weighted by molar-refractivity contribution is 5.94. The molecule has 0 spiro atoms. The van der Waals surface area contributed by atoms with E-state index < -0.39 is 5.91 Å². The van der Waals surface area contributed by atoms with Crippen molar-refractivity contribution in [3.63, 3.8) is 0 Å². The minimum absolute atomic E-state index is 0.0760. The summed E-state index contributed by atoms with van der Waals surface area (Å²) in [5.74, 6) is -0.428. The largest absolute Gasteiger partial charge is 0.395 e. The number of aliphatic hydroxyl groups is 1. The summed E-state index contributed by atoms with van der Waals surface area (Å²) in [6, 6.07) is 7.23. The molecule has 1 rings (SSSR count). The molecule has 0 fully saturated rings. The Bertz CT molecular complexity index is 391. The summed E-state index contributed by atoms with van der Waals surface area (Å²) in [6.07, 6.45) is 1.77. The quantitative estimate of drug-likeness (QED) is 0.685. The van der Waals surface area contributed by atoms with Crippen molar-refractivity contribution in [2.45, 2.75) is 6.54 Å². The Kier molecular flexibility index (Phi) is 5.39. The van der Waals surface area contributed by atoms with Crippen LogP contribution < -0.4 is 5.73 Å². The van der Waals surface area contributed by atoms with Crippen LogP contribution in [-0.2, 0) is 6.54 Å². The van der Waals surface area contributed by atoms with Crippen molar-refractivity contribution in [1.29, 1.82) is 0 Å². The summed E-state index contributed by atoms with van der Waals surface area (Å²) >= 11 is 0. The van der Waals surface area contributed by atoms with Crippen molar-refractivity contribution in [2.24, 2.45) is 5.73 Å². The zero-order valence-corrected chi connectivity index (χ0v) is 9.80. The molecule has 4 nitrogen and oxygen atoms in total. The highest BCUT2D eigenvalue weighted by Crippen LogP contribution is 2.11. The number of aliphatic hydroxyl groups excluding tert-OH is 1. The van der Waals surface area contributed by atoms with Crippen molar-refractivity contribution in [3.05, 3.63) is 48.0 Å². The van der Waals surface area contributed by atoms with Gasteiger partial charge in [0.2, 0.25) is 5.91 Å². The SMILES string of the molecule is C=CCN(CCO)Cc1ccccc1C(N)=O. The van der Waals surface area contributed by atoms with Crippen LogP contribution in [0.4, 0.5) is 0 Å². The van der Waals surface area contributed by atoms with E-state index in [0.29, 0.717) is 25.2 Å². The Balaban J connectivity index is 2.84. The first kappa shape index (κ1) is 13.4. The topological polar surface area (TPSA) is 66.6 Å². The number of hydrogen-bond acceptors (Lipinski definition) is 3. The third-order valence-electron chi connectivity index (χ3n) is 2.48. The van der Waals surface area contributed by atoms with Crippen LogP contribution in [0.2, 0.25) is 0 Å². The smallest absolute Gasteiger partial charge is 0.249 e. The number of rotatable bonds is 7. The summed E-state index contributed by atoms with van der Waals surface area (Å²) < 4.78 is 0. The van der Waals surface area contributed by atoms with Crippen LogP contribution in [-0.4, -0.2) is 35.6 Å². The maximum atomic E-state index is 11.3. The standard InChI is InChI=1S/C13H18N2O2/c1-2-7-15(8-9-16)10-11-5-3-4-6-12(11)13(14)17/h2-6,16H,1,7-10H2,(H2,14,17). The number of benzene rings is 1. The Morgan fingerprint density at radius 3 is 2.76 bits per heavy atom. The number of nitrogens with two attached hydrogens (primary N) is 1. The summed E-state index contributed by atoms with van der Waals surface area (Å²) in [4.78, 5) is 13.2. The van der Waals surface area contributed by atoms with Gasteiger partial charge in [-0.25, -0.2) is 0 Å². The third-order valence-corrected chi connectivity index (χ3v) is 2.48. The van der Waals surface area contributed by atoms with Crippen molar-refractivity contribution in [3.8, 4) is 0 Å². The number of amides is 1. The molecule has 0 aliphatic heterocycles. The third kappa shape index (κ3) is 4.01. The second kappa shape index (κ2) is 6.83. The van der Waals surface area contributed by atoms with Crippen LogP contribution in [0, 0.1) is 0 Å². The minimum Gasteiger partial charge on any atom is -0.395 e. The van der Waals surface area contributed by atoms with E-state index in [2.05, 4.69) is 6.58 Å². The molecule has 0 saturated heterocycles. The number of carbonyl (C=O) groups excluding carboxylic acids is 1. The van der Waals surface area contributed by atoms with E-state index in [1.807, 2.05) is 17.0 Å². The van der Waals surface area contributed by atoms with Gasteiger partial charge in [0.05, 0.1) is 6.61 Å². The Hall–Kier alpha value is -1.65. The Labute approximate surface area is 101 Å². The van der Waals surface area contributed by atoms with Gasteiger partial charge in [-0.05, 0) is 11.6 Å². The molecular weight excluding hydrogens is 216 g/mol. The second-order valence-corrected chi connectivity index (χ2v) is 3.77.